The number of nitrogens with one attached hydrogen (secondary N) is 1. The highest BCUT2D eigenvalue weighted by Crippen LogP contribution is 2.25. The molecule has 0 bridgehead atoms. The van der Waals surface area contributed by atoms with E-state index in [1.165, 1.54) is 0 Å². The summed E-state index contributed by atoms with van der Waals surface area (Å²) >= 11 is 0. The summed E-state index contributed by atoms with van der Waals surface area (Å²) in [6.45, 7) is 6.24. The van der Waals surface area contributed by atoms with Crippen molar-refractivity contribution in [2.24, 2.45) is 4.99 Å². The van der Waals surface area contributed by atoms with Crippen molar-refractivity contribution in [1.82, 2.24) is 20.0 Å². The van der Waals surface area contributed by atoms with E-state index in [1.54, 1.807) is 0 Å². The molecule has 0 aromatic heterocycles. The molecule has 154 valence electrons. The maximum atomic E-state index is 12.5. The van der Waals surface area contributed by atoms with Crippen LogP contribution in [0.5, 0.6) is 0 Å². The summed E-state index contributed by atoms with van der Waals surface area (Å²) in [5, 5.41) is 3.58. The Balaban J connectivity index is 1.50. The van der Waals surface area contributed by atoms with E-state index in [-0.39, 0.29) is 17.6 Å². The molecule has 27 heavy (non-hydrogen) atoms. The van der Waals surface area contributed by atoms with E-state index in [2.05, 4.69) is 34.2 Å². The van der Waals surface area contributed by atoms with Gasteiger partial charge in [0, 0.05) is 65.1 Å². The van der Waals surface area contributed by atoms with Crippen LogP contribution in [0.2, 0.25) is 0 Å². The Morgan fingerprint density at radius 2 is 1.81 bits per heavy atom. The number of piperazine rings is 1. The minimum absolute atomic E-state index is 0.103. The summed E-state index contributed by atoms with van der Waals surface area (Å²) in [5.74, 6) is 1.08. The topological polar surface area (TPSA) is 69.6 Å². The zero-order chi connectivity index (χ0) is 19.3. The number of hydrogen-bond donors (Lipinski definition) is 1. The van der Waals surface area contributed by atoms with Gasteiger partial charge < -0.3 is 29.5 Å². The molecule has 3 saturated heterocycles. The highest BCUT2D eigenvalue weighted by Gasteiger charge is 2.36. The summed E-state index contributed by atoms with van der Waals surface area (Å²) in [4.78, 5) is 23.5. The van der Waals surface area contributed by atoms with Crippen LogP contribution in [0.15, 0.2) is 4.99 Å². The second kappa shape index (κ2) is 9.21. The number of amides is 1. The highest BCUT2D eigenvalue weighted by molar-refractivity contribution is 5.82. The number of nitrogens with zero attached hydrogens (tertiary/aromatic N) is 4. The average molecular weight is 382 g/mol. The fourth-order valence-corrected chi connectivity index (χ4v) is 4.22. The lowest BCUT2D eigenvalue weighted by atomic mass is 9.88. The number of rotatable bonds is 4. The van der Waals surface area contributed by atoms with Gasteiger partial charge in [0.2, 0.25) is 0 Å². The third-order valence-electron chi connectivity index (χ3n) is 6.26. The van der Waals surface area contributed by atoms with Gasteiger partial charge >= 0.3 is 0 Å². The molecule has 3 aliphatic rings. The first-order chi connectivity index (χ1) is 13.1. The molecule has 1 N–H and O–H groups in total. The van der Waals surface area contributed by atoms with Gasteiger partial charge in [0.15, 0.2) is 5.96 Å². The van der Waals surface area contributed by atoms with Crippen LogP contribution < -0.4 is 5.32 Å². The maximum Gasteiger partial charge on any atom is 0.251 e. The standard InChI is InChI=1S/C19H35N5O3/c1-20-18(21-15-19(22(2)3)6-13-26-14-7-19)24-10-8-23(9-11-24)17(25)16-5-4-12-27-16/h16H,4-15H2,1-3H3,(H,20,21). The number of carbonyl (C=O) groups excluding carboxylic acids is 1. The van der Waals surface area contributed by atoms with Crippen LogP contribution >= 0.6 is 0 Å². The number of ether oxygens (including phenoxy) is 2. The van der Waals surface area contributed by atoms with Gasteiger partial charge in [0.05, 0.1) is 0 Å². The molecule has 3 rings (SSSR count). The van der Waals surface area contributed by atoms with E-state index < -0.39 is 0 Å². The molecule has 1 amide bonds. The van der Waals surface area contributed by atoms with Gasteiger partial charge in [0.1, 0.15) is 6.10 Å². The molecular formula is C19H35N5O3. The van der Waals surface area contributed by atoms with Crippen LogP contribution in [-0.2, 0) is 14.3 Å². The Hall–Kier alpha value is -1.38. The van der Waals surface area contributed by atoms with E-state index in [9.17, 15) is 4.79 Å². The maximum absolute atomic E-state index is 12.5. The molecule has 1 atom stereocenters. The Bertz CT molecular complexity index is 519. The van der Waals surface area contributed by atoms with Crippen molar-refractivity contribution < 1.29 is 14.3 Å². The molecule has 0 aromatic carbocycles. The van der Waals surface area contributed by atoms with E-state index in [0.717, 1.165) is 77.6 Å². The SMILES string of the molecule is CN=C(NCC1(N(C)C)CCOCC1)N1CCN(C(=O)C2CCCO2)CC1. The lowest BCUT2D eigenvalue weighted by molar-refractivity contribution is -0.142. The van der Waals surface area contributed by atoms with Crippen LogP contribution in [0.4, 0.5) is 0 Å². The van der Waals surface area contributed by atoms with Crippen molar-refractivity contribution in [2.75, 3.05) is 73.7 Å². The third kappa shape index (κ3) is 4.73. The predicted molar refractivity (Wildman–Crippen MR) is 105 cm³/mol. The molecular weight excluding hydrogens is 346 g/mol. The quantitative estimate of drug-likeness (QED) is 0.546. The van der Waals surface area contributed by atoms with Crippen molar-refractivity contribution >= 4 is 11.9 Å². The zero-order valence-electron chi connectivity index (χ0n) is 17.1. The number of carbonyl (C=O) groups is 1. The number of likely N-dealkylation sites (N-methyl/N-ethyl adjacent to an activating group) is 1. The van der Waals surface area contributed by atoms with Crippen molar-refractivity contribution in [2.45, 2.75) is 37.3 Å². The Morgan fingerprint density at radius 1 is 1.15 bits per heavy atom. The Labute approximate surface area is 162 Å². The first-order valence-electron chi connectivity index (χ1n) is 10.2. The fourth-order valence-electron chi connectivity index (χ4n) is 4.22. The molecule has 8 nitrogen and oxygen atoms in total. The number of hydrogen-bond acceptors (Lipinski definition) is 5. The molecule has 0 aromatic rings. The van der Waals surface area contributed by atoms with E-state index in [1.807, 2.05) is 11.9 Å². The molecule has 0 radical (unpaired) electrons. The normalized spacial score (nSPS) is 26.5. The zero-order valence-corrected chi connectivity index (χ0v) is 17.1. The predicted octanol–water partition coefficient (Wildman–Crippen LogP) is -0.00420. The molecule has 3 aliphatic heterocycles. The first kappa shape index (κ1) is 20.4. The van der Waals surface area contributed by atoms with Gasteiger partial charge in [-0.15, -0.1) is 0 Å². The lowest BCUT2D eigenvalue weighted by Crippen LogP contribution is -2.59. The summed E-state index contributed by atoms with van der Waals surface area (Å²) in [6.07, 6.45) is 3.67. The van der Waals surface area contributed by atoms with Gasteiger partial charge in [-0.3, -0.25) is 9.79 Å². The molecule has 3 fully saturated rings. The largest absolute Gasteiger partial charge is 0.381 e. The van der Waals surface area contributed by atoms with Crippen molar-refractivity contribution in [3.8, 4) is 0 Å². The van der Waals surface area contributed by atoms with Crippen molar-refractivity contribution in [3.63, 3.8) is 0 Å². The molecule has 0 saturated carbocycles. The number of aliphatic imine (C=N–C) groups is 1. The van der Waals surface area contributed by atoms with Gasteiger partial charge in [-0.2, -0.15) is 0 Å². The smallest absolute Gasteiger partial charge is 0.251 e. The van der Waals surface area contributed by atoms with Crippen LogP contribution in [0.25, 0.3) is 0 Å². The monoisotopic (exact) mass is 381 g/mol. The van der Waals surface area contributed by atoms with Crippen molar-refractivity contribution in [1.29, 1.82) is 0 Å². The summed E-state index contributed by atoms with van der Waals surface area (Å²) in [7, 11) is 6.12. The molecule has 0 aliphatic carbocycles. The molecule has 3 heterocycles. The van der Waals surface area contributed by atoms with E-state index in [4.69, 9.17) is 9.47 Å². The minimum atomic E-state index is -0.220. The van der Waals surface area contributed by atoms with Crippen LogP contribution in [0.1, 0.15) is 25.7 Å². The van der Waals surface area contributed by atoms with Gasteiger partial charge in [0.25, 0.3) is 5.91 Å². The van der Waals surface area contributed by atoms with Crippen LogP contribution in [0, 0.1) is 0 Å². The molecule has 0 spiro atoms. The Morgan fingerprint density at radius 3 is 2.37 bits per heavy atom. The highest BCUT2D eigenvalue weighted by atomic mass is 16.5. The van der Waals surface area contributed by atoms with Gasteiger partial charge in [-0.1, -0.05) is 0 Å². The van der Waals surface area contributed by atoms with Crippen LogP contribution in [-0.4, -0.2) is 112 Å². The van der Waals surface area contributed by atoms with E-state index >= 15 is 0 Å². The minimum Gasteiger partial charge on any atom is -0.381 e. The van der Waals surface area contributed by atoms with Gasteiger partial charge in [-0.25, -0.2) is 0 Å². The fraction of sp³-hybridized carbons (Fsp3) is 0.895. The molecule has 8 heteroatoms. The summed E-state index contributed by atoms with van der Waals surface area (Å²) in [5.41, 5.74) is 0.103. The van der Waals surface area contributed by atoms with Crippen LogP contribution in [0.3, 0.4) is 0 Å². The second-order valence-electron chi connectivity index (χ2n) is 7.95. The molecule has 1 unspecified atom stereocenters. The second-order valence-corrected chi connectivity index (χ2v) is 7.95. The number of guanidine groups is 1. The average Bonchev–Trinajstić information content (AvgIpc) is 3.24. The first-order valence-corrected chi connectivity index (χ1v) is 10.2. The van der Waals surface area contributed by atoms with Crippen molar-refractivity contribution in [3.05, 3.63) is 0 Å². The Kier molecular flexibility index (Phi) is 6.94. The van der Waals surface area contributed by atoms with E-state index in [0.29, 0.717) is 6.61 Å². The lowest BCUT2D eigenvalue weighted by Gasteiger charge is -2.44. The third-order valence-corrected chi connectivity index (χ3v) is 6.26. The van der Waals surface area contributed by atoms with Gasteiger partial charge in [-0.05, 0) is 39.8 Å². The summed E-state index contributed by atoms with van der Waals surface area (Å²) < 4.78 is 11.1. The summed E-state index contributed by atoms with van der Waals surface area (Å²) in [6, 6.07) is 0.